The molecule has 0 aliphatic heterocycles. The normalized spacial score (nSPS) is 12.9. The SMILES string of the molecule is CCOC(=O)[C@@H](Cc1ccccc1)NC(=O)[C@H](Cc1ccccc1)n1cc(-c2ccc(S(N)(=O)=O)cc2)nn1. The average molecular weight is 548 g/mol. The predicted molar refractivity (Wildman–Crippen MR) is 145 cm³/mol. The molecule has 0 saturated heterocycles. The van der Waals surface area contributed by atoms with Crippen LogP contribution in [0.5, 0.6) is 0 Å². The van der Waals surface area contributed by atoms with Gasteiger partial charge in [-0.25, -0.2) is 23.0 Å². The van der Waals surface area contributed by atoms with Gasteiger partial charge in [0.15, 0.2) is 0 Å². The van der Waals surface area contributed by atoms with Gasteiger partial charge in [0.25, 0.3) is 0 Å². The summed E-state index contributed by atoms with van der Waals surface area (Å²) < 4.78 is 29.8. The minimum absolute atomic E-state index is 0.0246. The Hall–Kier alpha value is -4.35. The van der Waals surface area contributed by atoms with E-state index in [2.05, 4.69) is 15.6 Å². The van der Waals surface area contributed by atoms with Crippen LogP contribution < -0.4 is 10.5 Å². The highest BCUT2D eigenvalue weighted by molar-refractivity contribution is 7.89. The minimum Gasteiger partial charge on any atom is -0.464 e. The zero-order valence-corrected chi connectivity index (χ0v) is 22.1. The minimum atomic E-state index is -3.83. The number of amides is 1. The number of carbonyl (C=O) groups is 2. The van der Waals surface area contributed by atoms with Crippen molar-refractivity contribution in [1.29, 1.82) is 0 Å². The molecule has 11 heteroatoms. The number of hydrogen-bond donors (Lipinski definition) is 2. The van der Waals surface area contributed by atoms with Crippen molar-refractivity contribution in [3.8, 4) is 11.3 Å². The molecule has 0 spiro atoms. The number of sulfonamides is 1. The van der Waals surface area contributed by atoms with Gasteiger partial charge in [-0.3, -0.25) is 4.79 Å². The van der Waals surface area contributed by atoms with Crippen molar-refractivity contribution < 1.29 is 22.7 Å². The van der Waals surface area contributed by atoms with Crippen LogP contribution in [0.4, 0.5) is 0 Å². The Balaban J connectivity index is 1.62. The molecular weight excluding hydrogens is 518 g/mol. The van der Waals surface area contributed by atoms with E-state index in [0.29, 0.717) is 17.7 Å². The predicted octanol–water partition coefficient (Wildman–Crippen LogP) is 2.67. The summed E-state index contributed by atoms with van der Waals surface area (Å²) in [6.45, 7) is 1.90. The number of aromatic nitrogens is 3. The molecule has 39 heavy (non-hydrogen) atoms. The van der Waals surface area contributed by atoms with E-state index in [1.165, 1.54) is 16.8 Å². The van der Waals surface area contributed by atoms with Gasteiger partial charge in [0.05, 0.1) is 17.7 Å². The molecule has 0 aliphatic carbocycles. The first-order chi connectivity index (χ1) is 18.7. The molecule has 1 aromatic heterocycles. The van der Waals surface area contributed by atoms with E-state index in [-0.39, 0.29) is 17.9 Å². The molecule has 1 amide bonds. The van der Waals surface area contributed by atoms with Crippen molar-refractivity contribution >= 4 is 21.9 Å². The first-order valence-electron chi connectivity index (χ1n) is 12.3. The molecule has 4 aromatic rings. The summed E-state index contributed by atoms with van der Waals surface area (Å²) in [5.41, 5.74) is 2.80. The number of primary sulfonamides is 1. The van der Waals surface area contributed by atoms with Crippen LogP contribution in [-0.2, 0) is 37.2 Å². The fourth-order valence-electron chi connectivity index (χ4n) is 4.07. The Morgan fingerprint density at radius 3 is 2.08 bits per heavy atom. The number of hydrogen-bond acceptors (Lipinski definition) is 7. The second-order valence-corrected chi connectivity index (χ2v) is 10.4. The van der Waals surface area contributed by atoms with Crippen molar-refractivity contribution in [2.24, 2.45) is 5.14 Å². The van der Waals surface area contributed by atoms with Gasteiger partial charge in [-0.2, -0.15) is 0 Å². The molecule has 3 N–H and O–H groups in total. The maximum atomic E-state index is 13.7. The van der Waals surface area contributed by atoms with Crippen molar-refractivity contribution in [1.82, 2.24) is 20.3 Å². The van der Waals surface area contributed by atoms with Gasteiger partial charge in [0, 0.05) is 18.4 Å². The lowest BCUT2D eigenvalue weighted by Gasteiger charge is -2.22. The maximum Gasteiger partial charge on any atom is 0.328 e. The van der Waals surface area contributed by atoms with Gasteiger partial charge >= 0.3 is 5.97 Å². The van der Waals surface area contributed by atoms with E-state index in [9.17, 15) is 18.0 Å². The summed E-state index contributed by atoms with van der Waals surface area (Å²) >= 11 is 0. The fraction of sp³-hybridized carbons (Fsp3) is 0.214. The van der Waals surface area contributed by atoms with Gasteiger partial charge < -0.3 is 10.1 Å². The number of nitrogens with two attached hydrogens (primary N) is 1. The highest BCUT2D eigenvalue weighted by Crippen LogP contribution is 2.22. The van der Waals surface area contributed by atoms with E-state index in [0.717, 1.165) is 11.1 Å². The molecule has 0 fully saturated rings. The summed E-state index contributed by atoms with van der Waals surface area (Å²) in [7, 11) is -3.83. The molecule has 0 aliphatic rings. The number of nitrogens with one attached hydrogen (secondary N) is 1. The fourth-order valence-corrected chi connectivity index (χ4v) is 4.59. The van der Waals surface area contributed by atoms with Gasteiger partial charge in [-0.15, -0.1) is 5.10 Å². The Kier molecular flexibility index (Phi) is 8.84. The Morgan fingerprint density at radius 1 is 0.923 bits per heavy atom. The molecular formula is C28H29N5O5S. The van der Waals surface area contributed by atoms with Gasteiger partial charge in [-0.1, -0.05) is 78.0 Å². The molecule has 4 rings (SSSR count). The van der Waals surface area contributed by atoms with E-state index in [4.69, 9.17) is 9.88 Å². The molecule has 0 saturated carbocycles. The summed E-state index contributed by atoms with van der Waals surface area (Å²) in [5, 5.41) is 16.4. The topological polar surface area (TPSA) is 146 Å². The van der Waals surface area contributed by atoms with Gasteiger partial charge in [0.1, 0.15) is 17.8 Å². The standard InChI is InChI=1S/C28H29N5O5S/c1-2-38-28(35)24(17-20-9-5-3-6-10-20)30-27(34)26(18-21-11-7-4-8-12-21)33-19-25(31-32-33)22-13-15-23(16-14-22)39(29,36)37/h3-16,19,24,26H,2,17-18H2,1H3,(H,30,34)(H2,29,36,37)/t24-,26+/m1/s1. The number of carbonyl (C=O) groups excluding carboxylic acids is 2. The van der Waals surface area contributed by atoms with Crippen molar-refractivity contribution in [3.63, 3.8) is 0 Å². The quantitative estimate of drug-likeness (QED) is 0.275. The van der Waals surface area contributed by atoms with Crippen LogP contribution in [0.3, 0.4) is 0 Å². The second kappa shape index (κ2) is 12.5. The molecule has 0 bridgehead atoms. The largest absolute Gasteiger partial charge is 0.464 e. The lowest BCUT2D eigenvalue weighted by atomic mass is 10.0. The summed E-state index contributed by atoms with van der Waals surface area (Å²) in [6, 6.07) is 23.0. The van der Waals surface area contributed by atoms with Crippen molar-refractivity contribution in [2.45, 2.75) is 36.7 Å². The van der Waals surface area contributed by atoms with Crippen molar-refractivity contribution in [2.75, 3.05) is 6.61 Å². The van der Waals surface area contributed by atoms with Crippen LogP contribution in [0.25, 0.3) is 11.3 Å². The zero-order valence-electron chi connectivity index (χ0n) is 21.3. The molecule has 3 aromatic carbocycles. The van der Waals surface area contributed by atoms with Crippen LogP contribution in [0.1, 0.15) is 24.1 Å². The van der Waals surface area contributed by atoms with E-state index in [1.807, 2.05) is 60.7 Å². The zero-order chi connectivity index (χ0) is 27.8. The Labute approximate surface area is 226 Å². The van der Waals surface area contributed by atoms with Crippen LogP contribution in [-0.4, -0.2) is 47.9 Å². The summed E-state index contributed by atoms with van der Waals surface area (Å²) in [6.07, 6.45) is 2.17. The van der Waals surface area contributed by atoms with E-state index >= 15 is 0 Å². The van der Waals surface area contributed by atoms with Crippen LogP contribution in [0.2, 0.25) is 0 Å². The molecule has 1 heterocycles. The average Bonchev–Trinajstić information content (AvgIpc) is 3.42. The van der Waals surface area contributed by atoms with E-state index in [1.54, 1.807) is 25.3 Å². The monoisotopic (exact) mass is 547 g/mol. The number of esters is 1. The first-order valence-corrected chi connectivity index (χ1v) is 13.9. The lowest BCUT2D eigenvalue weighted by Crippen LogP contribution is -2.46. The van der Waals surface area contributed by atoms with Gasteiger partial charge in [0.2, 0.25) is 15.9 Å². The van der Waals surface area contributed by atoms with E-state index < -0.39 is 34.0 Å². The maximum absolute atomic E-state index is 13.7. The van der Waals surface area contributed by atoms with Gasteiger partial charge in [-0.05, 0) is 30.2 Å². The molecule has 10 nitrogen and oxygen atoms in total. The third kappa shape index (κ3) is 7.37. The lowest BCUT2D eigenvalue weighted by molar-refractivity contribution is -0.147. The number of benzene rings is 3. The van der Waals surface area contributed by atoms with Crippen LogP contribution >= 0.6 is 0 Å². The Bertz CT molecular complexity index is 1510. The van der Waals surface area contributed by atoms with Crippen LogP contribution in [0, 0.1) is 0 Å². The molecule has 202 valence electrons. The third-order valence-electron chi connectivity index (χ3n) is 6.05. The number of nitrogens with zero attached hydrogens (tertiary/aromatic N) is 3. The Morgan fingerprint density at radius 2 is 1.51 bits per heavy atom. The van der Waals surface area contributed by atoms with Crippen LogP contribution in [0.15, 0.2) is 96.0 Å². The molecule has 0 unspecified atom stereocenters. The summed E-state index contributed by atoms with van der Waals surface area (Å²) in [5.74, 6) is -0.948. The molecule has 0 radical (unpaired) electrons. The number of rotatable bonds is 11. The highest BCUT2D eigenvalue weighted by atomic mass is 32.2. The van der Waals surface area contributed by atoms with Crippen molar-refractivity contribution in [3.05, 3.63) is 102 Å². The number of ether oxygens (including phenoxy) is 1. The first kappa shape index (κ1) is 27.7. The third-order valence-corrected chi connectivity index (χ3v) is 6.98. The smallest absolute Gasteiger partial charge is 0.328 e. The molecule has 2 atom stereocenters. The second-order valence-electron chi connectivity index (χ2n) is 8.86. The highest BCUT2D eigenvalue weighted by Gasteiger charge is 2.29. The summed E-state index contributed by atoms with van der Waals surface area (Å²) in [4.78, 5) is 26.4.